The van der Waals surface area contributed by atoms with Gasteiger partial charge in [0.1, 0.15) is 0 Å². The molecule has 2 heteroatoms. The Bertz CT molecular complexity index is 842. The molecule has 0 fully saturated rings. The average molecular weight is 373 g/mol. The summed E-state index contributed by atoms with van der Waals surface area (Å²) in [7, 11) is 0. The van der Waals surface area contributed by atoms with Crippen LogP contribution >= 0.6 is 0 Å². The second-order valence-electron chi connectivity index (χ2n) is 8.20. The fourth-order valence-electron chi connectivity index (χ4n) is 3.65. The minimum atomic E-state index is 0.0825. The number of hydrogen-bond donors (Lipinski definition) is 0. The van der Waals surface area contributed by atoms with Crippen LogP contribution in [0.5, 0.6) is 5.75 Å². The molecule has 2 rings (SSSR count). The van der Waals surface area contributed by atoms with Crippen LogP contribution in [0.1, 0.15) is 63.8 Å². The van der Waals surface area contributed by atoms with Crippen molar-refractivity contribution >= 4 is 4.23 Å². The van der Waals surface area contributed by atoms with Crippen LogP contribution in [0.4, 0.5) is 0 Å². The van der Waals surface area contributed by atoms with Gasteiger partial charge in [-0.25, -0.2) is 0 Å². The summed E-state index contributed by atoms with van der Waals surface area (Å²) < 4.78 is 7.65. The van der Waals surface area contributed by atoms with Crippen molar-refractivity contribution in [2.45, 2.75) is 67.7 Å². The Hall–Kier alpha value is -1.31. The summed E-state index contributed by atoms with van der Waals surface area (Å²) in [6.45, 7) is 24.0. The number of aryl methyl sites for hydroxylation is 1. The van der Waals surface area contributed by atoms with E-state index in [0.717, 1.165) is 26.9 Å². The topological polar surface area (TPSA) is 9.23 Å². The van der Waals surface area contributed by atoms with Gasteiger partial charge < -0.3 is 0 Å². The summed E-state index contributed by atoms with van der Waals surface area (Å²) in [4.78, 5) is 0. The van der Waals surface area contributed by atoms with Gasteiger partial charge in [-0.1, -0.05) is 0 Å². The maximum absolute atomic E-state index is 6.50. The molecule has 1 aliphatic rings. The van der Waals surface area contributed by atoms with Crippen LogP contribution in [0.15, 0.2) is 40.7 Å². The SMILES string of the molecule is C=C1C(C)=C(C)[C](=[V])C(Oc2cc(C)c(C)c(C(C)(C)C)c2C)=C1C. The summed E-state index contributed by atoms with van der Waals surface area (Å²) in [5.41, 5.74) is 9.99. The molecule has 1 nitrogen and oxygen atoms in total. The number of allylic oxidation sites excluding steroid dienone is 4. The Labute approximate surface area is 162 Å². The molecule has 0 aliphatic heterocycles. The van der Waals surface area contributed by atoms with E-state index in [1.807, 2.05) is 0 Å². The van der Waals surface area contributed by atoms with Crippen LogP contribution in [-0.4, -0.2) is 4.23 Å². The van der Waals surface area contributed by atoms with E-state index in [1.165, 1.54) is 33.4 Å². The summed E-state index contributed by atoms with van der Waals surface area (Å²) in [5, 5.41) is 0. The van der Waals surface area contributed by atoms with E-state index >= 15 is 0 Å². The maximum atomic E-state index is 6.50. The second-order valence-corrected chi connectivity index (χ2v) is 8.90. The molecule has 0 amide bonds. The Balaban J connectivity index is 2.61. The van der Waals surface area contributed by atoms with Crippen molar-refractivity contribution in [3.8, 4) is 5.75 Å². The van der Waals surface area contributed by atoms with Crippen molar-refractivity contribution in [3.63, 3.8) is 0 Å². The molecule has 0 saturated heterocycles. The molecule has 0 heterocycles. The summed E-state index contributed by atoms with van der Waals surface area (Å²) in [6, 6.07) is 2.17. The Morgan fingerprint density at radius 2 is 1.44 bits per heavy atom. The fourth-order valence-corrected chi connectivity index (χ4v) is 4.25. The Morgan fingerprint density at radius 1 is 0.880 bits per heavy atom. The molecular formula is C23H30OV. The van der Waals surface area contributed by atoms with Crippen molar-refractivity contribution in [2.75, 3.05) is 0 Å². The summed E-state index contributed by atoms with van der Waals surface area (Å²) in [6.07, 6.45) is 0. The molecule has 0 N–H and O–H groups in total. The first-order valence-corrected chi connectivity index (χ1v) is 9.51. The number of ether oxygens (including phenoxy) is 1. The predicted octanol–water partition coefficient (Wildman–Crippen LogP) is 6.19. The zero-order valence-corrected chi connectivity index (χ0v) is 18.5. The third-order valence-corrected chi connectivity index (χ3v) is 6.24. The number of rotatable bonds is 2. The molecule has 1 aromatic carbocycles. The van der Waals surface area contributed by atoms with Crippen molar-refractivity contribution in [1.29, 1.82) is 0 Å². The van der Waals surface area contributed by atoms with E-state index in [0.29, 0.717) is 0 Å². The molecule has 1 aromatic rings. The van der Waals surface area contributed by atoms with Gasteiger partial charge in [0.25, 0.3) is 0 Å². The monoisotopic (exact) mass is 373 g/mol. The van der Waals surface area contributed by atoms with Gasteiger partial charge in [0.15, 0.2) is 0 Å². The zero-order valence-electron chi connectivity index (χ0n) is 17.1. The first kappa shape index (κ1) is 20.0. The average Bonchev–Trinajstić information content (AvgIpc) is 2.51. The van der Waals surface area contributed by atoms with Crippen molar-refractivity contribution in [2.24, 2.45) is 0 Å². The van der Waals surface area contributed by atoms with Gasteiger partial charge in [-0.05, 0) is 0 Å². The Morgan fingerprint density at radius 3 is 1.96 bits per heavy atom. The number of benzene rings is 1. The quantitative estimate of drug-likeness (QED) is 0.601. The predicted molar refractivity (Wildman–Crippen MR) is 105 cm³/mol. The van der Waals surface area contributed by atoms with Crippen molar-refractivity contribution in [3.05, 3.63) is 63.0 Å². The third-order valence-electron chi connectivity index (χ3n) is 5.40. The molecule has 133 valence electrons. The van der Waals surface area contributed by atoms with E-state index in [2.05, 4.69) is 91.9 Å². The van der Waals surface area contributed by atoms with E-state index in [-0.39, 0.29) is 5.41 Å². The molecule has 0 spiro atoms. The van der Waals surface area contributed by atoms with Gasteiger partial charge >= 0.3 is 162 Å². The van der Waals surface area contributed by atoms with E-state index < -0.39 is 0 Å². The van der Waals surface area contributed by atoms with Crippen LogP contribution in [-0.2, 0) is 22.4 Å². The normalized spacial score (nSPS) is 16.0. The van der Waals surface area contributed by atoms with Crippen LogP contribution in [0, 0.1) is 20.8 Å². The third kappa shape index (κ3) is 3.50. The van der Waals surface area contributed by atoms with Gasteiger partial charge in [-0.3, -0.25) is 0 Å². The molecule has 0 atom stereocenters. The fraction of sp³-hybridized carbons (Fsp3) is 0.435. The van der Waals surface area contributed by atoms with Crippen LogP contribution in [0.25, 0.3) is 0 Å². The zero-order chi connectivity index (χ0) is 19.3. The minimum absolute atomic E-state index is 0.0825. The van der Waals surface area contributed by atoms with E-state index in [1.54, 1.807) is 0 Å². The van der Waals surface area contributed by atoms with Crippen LogP contribution in [0.2, 0.25) is 0 Å². The first-order chi connectivity index (χ1) is 11.4. The van der Waals surface area contributed by atoms with Gasteiger partial charge in [0, 0.05) is 0 Å². The van der Waals surface area contributed by atoms with Crippen molar-refractivity contribution in [1.82, 2.24) is 0 Å². The molecule has 0 radical (unpaired) electrons. The molecule has 1 aliphatic carbocycles. The van der Waals surface area contributed by atoms with Gasteiger partial charge in [0.2, 0.25) is 0 Å². The van der Waals surface area contributed by atoms with Gasteiger partial charge in [-0.2, -0.15) is 0 Å². The molecule has 0 saturated carbocycles. The van der Waals surface area contributed by atoms with Crippen molar-refractivity contribution < 1.29 is 21.7 Å². The molecule has 0 bridgehead atoms. The molecule has 0 unspecified atom stereocenters. The second kappa shape index (κ2) is 6.78. The summed E-state index contributed by atoms with van der Waals surface area (Å²) in [5.74, 6) is 1.88. The summed E-state index contributed by atoms with van der Waals surface area (Å²) >= 11 is 2.67. The van der Waals surface area contributed by atoms with Gasteiger partial charge in [0.05, 0.1) is 0 Å². The molecular weight excluding hydrogens is 343 g/mol. The van der Waals surface area contributed by atoms with Crippen LogP contribution < -0.4 is 4.74 Å². The Kier molecular flexibility index (Phi) is 5.43. The molecule has 25 heavy (non-hydrogen) atoms. The number of hydrogen-bond acceptors (Lipinski definition) is 1. The van der Waals surface area contributed by atoms with Crippen LogP contribution in [0.3, 0.4) is 0 Å². The molecule has 0 aromatic heterocycles. The first-order valence-electron chi connectivity index (χ1n) is 8.81. The van der Waals surface area contributed by atoms with E-state index in [9.17, 15) is 0 Å². The van der Waals surface area contributed by atoms with E-state index in [4.69, 9.17) is 4.74 Å². The standard InChI is InChI=1S/C23H30O.V/c1-13-11-20(18(6)17(5)15(13)3)24-21-12-14(2)16(4)22(19(21)7)23(8,9)10;/h12H,5H2,1-4,6-10H3;. The van der Waals surface area contributed by atoms with Gasteiger partial charge in [-0.15, -0.1) is 0 Å².